The average Bonchev–Trinajstić information content (AvgIpc) is 2.46. The maximum Gasteiger partial charge on any atom is 0.324 e. The second kappa shape index (κ2) is 6.14. The zero-order valence-electron chi connectivity index (χ0n) is 11.4. The van der Waals surface area contributed by atoms with Gasteiger partial charge in [-0.25, -0.2) is 4.39 Å². The number of methoxy groups -OCH3 is 2. The van der Waals surface area contributed by atoms with Crippen LogP contribution in [0, 0.1) is 5.82 Å². The van der Waals surface area contributed by atoms with E-state index in [0.29, 0.717) is 5.95 Å². The van der Waals surface area contributed by atoms with Crippen LogP contribution in [0.4, 0.5) is 10.3 Å². The van der Waals surface area contributed by atoms with E-state index >= 15 is 0 Å². The van der Waals surface area contributed by atoms with E-state index in [1.165, 1.54) is 26.4 Å². The first kappa shape index (κ1) is 14.0. The summed E-state index contributed by atoms with van der Waals surface area (Å²) in [5, 5.41) is 3.05. The first-order valence-corrected chi connectivity index (χ1v) is 5.98. The molecular weight excluding hydrogens is 263 g/mol. The van der Waals surface area contributed by atoms with Crippen molar-refractivity contribution in [1.29, 1.82) is 0 Å². The Hall–Kier alpha value is -2.44. The quantitative estimate of drug-likeness (QED) is 0.904. The van der Waals surface area contributed by atoms with Gasteiger partial charge in [-0.05, 0) is 24.6 Å². The maximum atomic E-state index is 13.2. The van der Waals surface area contributed by atoms with Crippen molar-refractivity contribution in [2.45, 2.75) is 13.0 Å². The van der Waals surface area contributed by atoms with E-state index in [1.54, 1.807) is 6.07 Å². The molecule has 0 aliphatic carbocycles. The molecule has 20 heavy (non-hydrogen) atoms. The fourth-order valence-electron chi connectivity index (χ4n) is 1.64. The molecule has 1 N–H and O–H groups in total. The second-order valence-corrected chi connectivity index (χ2v) is 4.05. The Kier molecular flexibility index (Phi) is 4.29. The van der Waals surface area contributed by atoms with Gasteiger partial charge in [-0.2, -0.15) is 9.97 Å². The van der Waals surface area contributed by atoms with Gasteiger partial charge in [0.25, 0.3) is 0 Å². The Morgan fingerprint density at radius 1 is 1.10 bits per heavy atom. The molecule has 0 amide bonds. The van der Waals surface area contributed by atoms with Gasteiger partial charge in [0.05, 0.1) is 20.3 Å². The highest BCUT2D eigenvalue weighted by molar-refractivity contribution is 5.33. The van der Waals surface area contributed by atoms with Gasteiger partial charge < -0.3 is 14.8 Å². The molecule has 6 nitrogen and oxygen atoms in total. The molecule has 7 heteroatoms. The van der Waals surface area contributed by atoms with Crippen molar-refractivity contribution in [3.63, 3.8) is 0 Å². The number of hydrogen-bond donors (Lipinski definition) is 1. The normalized spacial score (nSPS) is 11.8. The van der Waals surface area contributed by atoms with Crippen LogP contribution in [0.2, 0.25) is 0 Å². The van der Waals surface area contributed by atoms with Crippen LogP contribution in [0.1, 0.15) is 18.5 Å². The highest BCUT2D eigenvalue weighted by atomic mass is 19.1. The summed E-state index contributed by atoms with van der Waals surface area (Å²) in [5.74, 6) is 0.00687. The summed E-state index contributed by atoms with van der Waals surface area (Å²) >= 11 is 0. The van der Waals surface area contributed by atoms with Gasteiger partial charge in [0.1, 0.15) is 5.82 Å². The number of halogens is 1. The second-order valence-electron chi connectivity index (χ2n) is 4.05. The van der Waals surface area contributed by atoms with Crippen LogP contribution < -0.4 is 14.8 Å². The van der Waals surface area contributed by atoms with Crippen LogP contribution in [0.15, 0.2) is 24.3 Å². The molecule has 106 valence electrons. The Morgan fingerprint density at radius 2 is 1.75 bits per heavy atom. The number of aromatic nitrogens is 3. The van der Waals surface area contributed by atoms with Crippen molar-refractivity contribution in [1.82, 2.24) is 15.0 Å². The van der Waals surface area contributed by atoms with Crippen LogP contribution in [0.25, 0.3) is 0 Å². The minimum atomic E-state index is -0.290. The SMILES string of the molecule is COc1nc(NC(C)c2cccc(F)c2)nc(OC)n1. The Balaban J connectivity index is 2.20. The summed E-state index contributed by atoms with van der Waals surface area (Å²) < 4.78 is 23.1. The van der Waals surface area contributed by atoms with Crippen molar-refractivity contribution in [3.05, 3.63) is 35.6 Å². The summed E-state index contributed by atoms with van der Waals surface area (Å²) in [5.41, 5.74) is 0.781. The van der Waals surface area contributed by atoms with Crippen molar-refractivity contribution >= 4 is 5.95 Å². The maximum absolute atomic E-state index is 13.2. The summed E-state index contributed by atoms with van der Waals surface area (Å²) in [6.07, 6.45) is 0. The number of nitrogens with zero attached hydrogens (tertiary/aromatic N) is 3. The summed E-state index contributed by atoms with van der Waals surface area (Å²) in [6.45, 7) is 1.87. The van der Waals surface area contributed by atoms with E-state index in [9.17, 15) is 4.39 Å². The summed E-state index contributed by atoms with van der Waals surface area (Å²) in [6, 6.07) is 6.42. The predicted molar refractivity (Wildman–Crippen MR) is 71.4 cm³/mol. The van der Waals surface area contributed by atoms with Crippen LogP contribution >= 0.6 is 0 Å². The average molecular weight is 278 g/mol. The Morgan fingerprint density at radius 3 is 2.30 bits per heavy atom. The third-order valence-corrected chi connectivity index (χ3v) is 2.65. The number of hydrogen-bond acceptors (Lipinski definition) is 6. The van der Waals surface area contributed by atoms with E-state index in [1.807, 2.05) is 13.0 Å². The lowest BCUT2D eigenvalue weighted by molar-refractivity contribution is 0.341. The Bertz CT molecular complexity index is 572. The molecule has 1 unspecified atom stereocenters. The van der Waals surface area contributed by atoms with E-state index in [-0.39, 0.29) is 23.9 Å². The van der Waals surface area contributed by atoms with Crippen molar-refractivity contribution in [2.24, 2.45) is 0 Å². The van der Waals surface area contributed by atoms with E-state index in [4.69, 9.17) is 9.47 Å². The zero-order valence-corrected chi connectivity index (χ0v) is 11.4. The molecule has 0 aliphatic heterocycles. The van der Waals surface area contributed by atoms with Gasteiger partial charge in [0.15, 0.2) is 0 Å². The molecule has 1 aromatic carbocycles. The molecule has 0 aliphatic rings. The molecule has 1 heterocycles. The highest BCUT2D eigenvalue weighted by Crippen LogP contribution is 2.19. The number of rotatable bonds is 5. The first-order valence-electron chi connectivity index (χ1n) is 5.98. The molecule has 0 saturated carbocycles. The van der Waals surface area contributed by atoms with Crippen LogP contribution in [0.5, 0.6) is 12.0 Å². The lowest BCUT2D eigenvalue weighted by Gasteiger charge is -2.14. The third kappa shape index (κ3) is 3.31. The van der Waals surface area contributed by atoms with E-state index in [0.717, 1.165) is 5.56 Å². The third-order valence-electron chi connectivity index (χ3n) is 2.65. The highest BCUT2D eigenvalue weighted by Gasteiger charge is 2.11. The van der Waals surface area contributed by atoms with Gasteiger partial charge in [0.2, 0.25) is 5.95 Å². The molecule has 0 saturated heterocycles. The molecule has 0 bridgehead atoms. The minimum absolute atomic E-state index is 0.144. The fraction of sp³-hybridized carbons (Fsp3) is 0.308. The smallest absolute Gasteiger partial charge is 0.324 e. The number of anilines is 1. The molecule has 2 aromatic rings. The Labute approximate surface area is 116 Å². The van der Waals surface area contributed by atoms with Crippen LogP contribution in [0.3, 0.4) is 0 Å². The number of ether oxygens (including phenoxy) is 2. The van der Waals surface area contributed by atoms with Crippen molar-refractivity contribution in [2.75, 3.05) is 19.5 Å². The molecule has 0 spiro atoms. The predicted octanol–water partition coefficient (Wildman–Crippen LogP) is 2.20. The van der Waals surface area contributed by atoms with Gasteiger partial charge >= 0.3 is 12.0 Å². The van der Waals surface area contributed by atoms with Crippen molar-refractivity contribution < 1.29 is 13.9 Å². The van der Waals surface area contributed by atoms with Gasteiger partial charge in [-0.3, -0.25) is 0 Å². The molecule has 1 aromatic heterocycles. The first-order chi connectivity index (χ1) is 9.62. The zero-order chi connectivity index (χ0) is 14.5. The van der Waals surface area contributed by atoms with Gasteiger partial charge in [0, 0.05) is 0 Å². The fourth-order valence-corrected chi connectivity index (χ4v) is 1.64. The molecule has 1 atom stereocenters. The van der Waals surface area contributed by atoms with Gasteiger partial charge in [-0.1, -0.05) is 12.1 Å². The van der Waals surface area contributed by atoms with Crippen molar-refractivity contribution in [3.8, 4) is 12.0 Å². The monoisotopic (exact) mass is 278 g/mol. The molecule has 2 rings (SSSR count). The minimum Gasteiger partial charge on any atom is -0.467 e. The largest absolute Gasteiger partial charge is 0.467 e. The number of benzene rings is 1. The molecule has 0 radical (unpaired) electrons. The summed E-state index contributed by atoms with van der Waals surface area (Å²) in [7, 11) is 2.91. The van der Waals surface area contributed by atoms with E-state index in [2.05, 4.69) is 20.3 Å². The van der Waals surface area contributed by atoms with Gasteiger partial charge in [-0.15, -0.1) is 4.98 Å². The van der Waals surface area contributed by atoms with Crippen LogP contribution in [-0.2, 0) is 0 Å². The lowest BCUT2D eigenvalue weighted by atomic mass is 10.1. The topological polar surface area (TPSA) is 69.2 Å². The molecule has 0 fully saturated rings. The lowest BCUT2D eigenvalue weighted by Crippen LogP contribution is -2.11. The van der Waals surface area contributed by atoms with E-state index < -0.39 is 0 Å². The summed E-state index contributed by atoms with van der Waals surface area (Å²) in [4.78, 5) is 12.0. The van der Waals surface area contributed by atoms with Crippen LogP contribution in [-0.4, -0.2) is 29.2 Å². The molecular formula is C13H15FN4O2. The standard InChI is InChI=1S/C13H15FN4O2/c1-8(9-5-4-6-10(14)7-9)15-11-16-12(19-2)18-13(17-11)20-3/h4-8H,1-3H3,(H,15,16,17,18). The number of nitrogens with one attached hydrogen (secondary N) is 1.